The van der Waals surface area contributed by atoms with E-state index in [9.17, 15) is 4.79 Å². The van der Waals surface area contributed by atoms with Crippen LogP contribution in [0.25, 0.3) is 0 Å². The van der Waals surface area contributed by atoms with Gasteiger partial charge in [-0.15, -0.1) is 5.10 Å². The average Bonchev–Trinajstić information content (AvgIpc) is 3.43. The van der Waals surface area contributed by atoms with Crippen LogP contribution in [-0.4, -0.2) is 42.8 Å². The van der Waals surface area contributed by atoms with E-state index < -0.39 is 0 Å². The number of amides is 1. The lowest BCUT2D eigenvalue weighted by molar-refractivity contribution is 0.103. The van der Waals surface area contributed by atoms with E-state index in [0.29, 0.717) is 45.3 Å². The SMILES string of the molecule is Cc1cccc(Cl)c1NC(=O)c1cnc(Nc2cc(NCCc3c[nH]nn3)ncn2)s1. The molecule has 0 saturated heterocycles. The highest BCUT2D eigenvalue weighted by atomic mass is 35.5. The zero-order chi connectivity index (χ0) is 21.6. The van der Waals surface area contributed by atoms with Crippen LogP contribution < -0.4 is 16.0 Å². The van der Waals surface area contributed by atoms with Crippen molar-refractivity contribution in [2.45, 2.75) is 13.3 Å². The third kappa shape index (κ3) is 5.32. The molecule has 0 atom stereocenters. The van der Waals surface area contributed by atoms with E-state index in [4.69, 9.17) is 11.6 Å². The zero-order valence-corrected chi connectivity index (χ0v) is 18.0. The summed E-state index contributed by atoms with van der Waals surface area (Å²) in [6.45, 7) is 2.53. The van der Waals surface area contributed by atoms with Crippen LogP contribution in [-0.2, 0) is 6.42 Å². The molecule has 4 N–H and O–H groups in total. The molecule has 4 rings (SSSR count). The highest BCUT2D eigenvalue weighted by molar-refractivity contribution is 7.17. The predicted molar refractivity (Wildman–Crippen MR) is 120 cm³/mol. The highest BCUT2D eigenvalue weighted by Gasteiger charge is 2.14. The summed E-state index contributed by atoms with van der Waals surface area (Å²) >= 11 is 7.40. The second-order valence-electron chi connectivity index (χ2n) is 6.47. The van der Waals surface area contributed by atoms with Crippen LogP contribution in [0.4, 0.5) is 22.5 Å². The van der Waals surface area contributed by atoms with Gasteiger partial charge in [-0.05, 0) is 18.6 Å². The van der Waals surface area contributed by atoms with Crippen LogP contribution in [0.1, 0.15) is 20.9 Å². The Hall–Kier alpha value is -3.57. The molecule has 0 saturated carbocycles. The maximum atomic E-state index is 12.6. The van der Waals surface area contributed by atoms with Crippen LogP contribution in [0.2, 0.25) is 5.02 Å². The van der Waals surface area contributed by atoms with Crippen LogP contribution in [0, 0.1) is 6.92 Å². The minimum atomic E-state index is -0.278. The lowest BCUT2D eigenvalue weighted by Gasteiger charge is -2.08. The number of H-pyrrole nitrogens is 1. The zero-order valence-electron chi connectivity index (χ0n) is 16.4. The van der Waals surface area contributed by atoms with Crippen molar-refractivity contribution in [1.82, 2.24) is 30.4 Å². The molecular formula is C19H18ClN9OS. The molecule has 158 valence electrons. The van der Waals surface area contributed by atoms with Crippen LogP contribution in [0.15, 0.2) is 43.0 Å². The molecule has 0 spiro atoms. The monoisotopic (exact) mass is 455 g/mol. The number of rotatable bonds is 8. The Kier molecular flexibility index (Phi) is 6.34. The highest BCUT2D eigenvalue weighted by Crippen LogP contribution is 2.28. The molecule has 1 amide bonds. The Morgan fingerprint density at radius 2 is 2.10 bits per heavy atom. The number of hydrogen-bond acceptors (Lipinski definition) is 9. The number of thiazole rings is 1. The van der Waals surface area contributed by atoms with Gasteiger partial charge in [0, 0.05) is 25.2 Å². The van der Waals surface area contributed by atoms with E-state index in [-0.39, 0.29) is 5.91 Å². The van der Waals surface area contributed by atoms with Crippen LogP contribution >= 0.6 is 22.9 Å². The van der Waals surface area contributed by atoms with Gasteiger partial charge in [-0.3, -0.25) is 9.89 Å². The fourth-order valence-electron chi connectivity index (χ4n) is 2.70. The lowest BCUT2D eigenvalue weighted by Crippen LogP contribution is -2.11. The van der Waals surface area contributed by atoms with Crippen LogP contribution in [0.5, 0.6) is 0 Å². The van der Waals surface area contributed by atoms with Crippen molar-refractivity contribution in [2.75, 3.05) is 22.5 Å². The second-order valence-corrected chi connectivity index (χ2v) is 7.91. The lowest BCUT2D eigenvalue weighted by atomic mass is 10.2. The van der Waals surface area contributed by atoms with E-state index in [0.717, 1.165) is 11.3 Å². The molecule has 0 fully saturated rings. The largest absolute Gasteiger partial charge is 0.370 e. The Morgan fingerprint density at radius 3 is 2.90 bits per heavy atom. The smallest absolute Gasteiger partial charge is 0.267 e. The molecule has 0 radical (unpaired) electrons. The number of halogens is 1. The Morgan fingerprint density at radius 1 is 1.23 bits per heavy atom. The number of nitrogens with zero attached hydrogens (tertiary/aromatic N) is 5. The van der Waals surface area contributed by atoms with Crippen molar-refractivity contribution in [1.29, 1.82) is 0 Å². The normalized spacial score (nSPS) is 10.6. The van der Waals surface area contributed by atoms with Crippen molar-refractivity contribution in [2.24, 2.45) is 0 Å². The Bertz CT molecular complexity index is 1160. The minimum absolute atomic E-state index is 0.278. The van der Waals surface area contributed by atoms with Gasteiger partial charge in [0.2, 0.25) is 0 Å². The average molecular weight is 456 g/mol. The van der Waals surface area contributed by atoms with Crippen molar-refractivity contribution in [3.8, 4) is 0 Å². The molecular weight excluding hydrogens is 438 g/mol. The van der Waals surface area contributed by atoms with Crippen molar-refractivity contribution < 1.29 is 4.79 Å². The molecule has 4 aromatic rings. The third-order valence-electron chi connectivity index (χ3n) is 4.25. The van der Waals surface area contributed by atoms with Gasteiger partial charge in [-0.1, -0.05) is 40.3 Å². The summed E-state index contributed by atoms with van der Waals surface area (Å²) in [5, 5.41) is 20.4. The van der Waals surface area contributed by atoms with Gasteiger partial charge in [0.15, 0.2) is 5.13 Å². The fraction of sp³-hybridized carbons (Fsp3) is 0.158. The number of benzene rings is 1. The molecule has 0 bridgehead atoms. The van der Waals surface area contributed by atoms with Gasteiger partial charge < -0.3 is 16.0 Å². The first-order valence-electron chi connectivity index (χ1n) is 9.29. The molecule has 12 heteroatoms. The van der Waals surface area contributed by atoms with Crippen molar-refractivity contribution in [3.63, 3.8) is 0 Å². The van der Waals surface area contributed by atoms with Gasteiger partial charge in [-0.25, -0.2) is 15.0 Å². The number of anilines is 4. The molecule has 1 aromatic carbocycles. The molecule has 0 aliphatic rings. The van der Waals surface area contributed by atoms with Gasteiger partial charge in [0.25, 0.3) is 5.91 Å². The third-order valence-corrected chi connectivity index (χ3v) is 5.47. The Labute approximate surface area is 186 Å². The molecule has 10 nitrogen and oxygen atoms in total. The summed E-state index contributed by atoms with van der Waals surface area (Å²) in [6.07, 6.45) is 5.41. The molecule has 31 heavy (non-hydrogen) atoms. The Balaban J connectivity index is 1.36. The van der Waals surface area contributed by atoms with Crippen molar-refractivity contribution in [3.05, 3.63) is 64.1 Å². The van der Waals surface area contributed by atoms with E-state index in [1.165, 1.54) is 23.9 Å². The van der Waals surface area contributed by atoms with E-state index in [1.54, 1.807) is 18.3 Å². The summed E-state index contributed by atoms with van der Waals surface area (Å²) < 4.78 is 0. The molecule has 3 heterocycles. The number of para-hydroxylation sites is 1. The predicted octanol–water partition coefficient (Wildman–Crippen LogP) is 3.66. The van der Waals surface area contributed by atoms with E-state index >= 15 is 0 Å². The molecule has 0 aliphatic heterocycles. The first-order valence-corrected chi connectivity index (χ1v) is 10.5. The second kappa shape index (κ2) is 9.49. The van der Waals surface area contributed by atoms with E-state index in [2.05, 4.69) is 46.3 Å². The molecule has 3 aromatic heterocycles. The minimum Gasteiger partial charge on any atom is -0.370 e. The summed E-state index contributed by atoms with van der Waals surface area (Å²) in [6, 6.07) is 7.21. The summed E-state index contributed by atoms with van der Waals surface area (Å²) in [7, 11) is 0. The molecule has 0 aliphatic carbocycles. The number of nitrogens with one attached hydrogen (secondary N) is 4. The van der Waals surface area contributed by atoms with Gasteiger partial charge >= 0.3 is 0 Å². The van der Waals surface area contributed by atoms with Gasteiger partial charge in [0.1, 0.15) is 22.8 Å². The maximum absolute atomic E-state index is 12.6. The first-order chi connectivity index (χ1) is 15.1. The topological polar surface area (TPSA) is 133 Å². The quantitative estimate of drug-likeness (QED) is 0.316. The van der Waals surface area contributed by atoms with Gasteiger partial charge in [-0.2, -0.15) is 0 Å². The number of carbonyl (C=O) groups excluding carboxylic acids is 1. The van der Waals surface area contributed by atoms with Crippen LogP contribution in [0.3, 0.4) is 0 Å². The first kappa shape index (κ1) is 20.7. The number of aromatic nitrogens is 6. The van der Waals surface area contributed by atoms with Crippen molar-refractivity contribution >= 4 is 51.3 Å². The standard InChI is InChI=1S/C19H18ClN9OS/c1-11-3-2-4-13(20)17(11)27-18(30)14-9-22-19(31-14)26-16-7-15(23-10-24-16)21-6-5-12-8-25-29-28-12/h2-4,7-10H,5-6H2,1H3,(H,27,30)(H,25,28,29)(H2,21,22,23,24,26). The summed E-state index contributed by atoms with van der Waals surface area (Å²) in [4.78, 5) is 25.7. The number of carbonyl (C=O) groups is 1. The number of aryl methyl sites for hydroxylation is 1. The molecule has 0 unspecified atom stereocenters. The van der Waals surface area contributed by atoms with E-state index in [1.807, 2.05) is 19.1 Å². The maximum Gasteiger partial charge on any atom is 0.267 e. The van der Waals surface area contributed by atoms with Gasteiger partial charge in [0.05, 0.1) is 22.6 Å². The summed E-state index contributed by atoms with van der Waals surface area (Å²) in [5.74, 6) is 0.937. The number of aromatic amines is 1. The summed E-state index contributed by atoms with van der Waals surface area (Å²) in [5.41, 5.74) is 2.34. The number of hydrogen-bond donors (Lipinski definition) is 4. The fourth-order valence-corrected chi connectivity index (χ4v) is 3.69.